The predicted octanol–water partition coefficient (Wildman–Crippen LogP) is 2.65. The molecule has 0 spiro atoms. The van der Waals surface area contributed by atoms with Crippen molar-refractivity contribution in [3.8, 4) is 0 Å². The minimum Gasteiger partial charge on any atom is -0.300 e. The first-order valence-electron chi connectivity index (χ1n) is 3.55. The average Bonchev–Trinajstić information content (AvgIpc) is 2.15. The molecule has 1 aliphatic rings. The van der Waals surface area contributed by atoms with Crippen molar-refractivity contribution < 1.29 is 4.79 Å². The van der Waals surface area contributed by atoms with Crippen molar-refractivity contribution >= 4 is 21.7 Å². The number of hydrogen-bond acceptors (Lipinski definition) is 1. The molecule has 0 aromatic heterocycles. The fraction of sp³-hybridized carbons (Fsp3) is 0.625. The van der Waals surface area contributed by atoms with E-state index in [9.17, 15) is 4.79 Å². The molecule has 56 valence electrons. The molecule has 0 radical (unpaired) electrons. The molecule has 0 fully saturated rings. The van der Waals surface area contributed by atoms with Crippen LogP contribution in [0.1, 0.15) is 26.2 Å². The third-order valence-corrected chi connectivity index (χ3v) is 2.75. The summed E-state index contributed by atoms with van der Waals surface area (Å²) in [7, 11) is 0. The normalized spacial score (nSPS) is 24.6. The Bertz CT molecular complexity index is 172. The molecule has 0 aromatic carbocycles. The minimum atomic E-state index is 0.289. The highest BCUT2D eigenvalue weighted by atomic mass is 79.9. The Morgan fingerprint density at radius 2 is 2.60 bits per heavy atom. The van der Waals surface area contributed by atoms with Gasteiger partial charge in [-0.3, -0.25) is 0 Å². The van der Waals surface area contributed by atoms with Gasteiger partial charge >= 0.3 is 0 Å². The summed E-state index contributed by atoms with van der Waals surface area (Å²) in [5, 5.41) is 0. The standard InChI is InChI=1S/C8H11BrO/c1-6(10)5-7-3-2-4-8(7)9/h4,7H,2-3,5H2,1H3. The summed E-state index contributed by atoms with van der Waals surface area (Å²) in [4.78, 5) is 10.7. The Morgan fingerprint density at radius 3 is 3.00 bits per heavy atom. The van der Waals surface area contributed by atoms with Gasteiger partial charge in [0.1, 0.15) is 5.78 Å². The monoisotopic (exact) mass is 202 g/mol. The number of hydrogen-bond donors (Lipinski definition) is 0. The van der Waals surface area contributed by atoms with Crippen molar-refractivity contribution in [1.29, 1.82) is 0 Å². The van der Waals surface area contributed by atoms with Gasteiger partial charge in [0.25, 0.3) is 0 Å². The molecule has 0 saturated heterocycles. The quantitative estimate of drug-likeness (QED) is 0.674. The van der Waals surface area contributed by atoms with Gasteiger partial charge in [0.05, 0.1) is 0 Å². The molecule has 0 bridgehead atoms. The van der Waals surface area contributed by atoms with Gasteiger partial charge in [0.15, 0.2) is 0 Å². The van der Waals surface area contributed by atoms with Crippen LogP contribution >= 0.6 is 15.9 Å². The van der Waals surface area contributed by atoms with Crippen molar-refractivity contribution in [1.82, 2.24) is 0 Å². The van der Waals surface area contributed by atoms with E-state index in [2.05, 4.69) is 22.0 Å². The van der Waals surface area contributed by atoms with E-state index in [-0.39, 0.29) is 5.78 Å². The Morgan fingerprint density at radius 1 is 1.90 bits per heavy atom. The van der Waals surface area contributed by atoms with Crippen LogP contribution in [-0.2, 0) is 4.79 Å². The third-order valence-electron chi connectivity index (χ3n) is 1.78. The van der Waals surface area contributed by atoms with Gasteiger partial charge in [-0.05, 0) is 30.2 Å². The van der Waals surface area contributed by atoms with Gasteiger partial charge in [-0.25, -0.2) is 0 Å². The fourth-order valence-electron chi connectivity index (χ4n) is 1.27. The van der Waals surface area contributed by atoms with Crippen molar-refractivity contribution in [3.05, 3.63) is 10.6 Å². The van der Waals surface area contributed by atoms with Gasteiger partial charge in [0.2, 0.25) is 0 Å². The zero-order valence-electron chi connectivity index (χ0n) is 6.06. The van der Waals surface area contributed by atoms with Crippen molar-refractivity contribution in [2.45, 2.75) is 26.2 Å². The largest absolute Gasteiger partial charge is 0.300 e. The molecule has 0 saturated carbocycles. The van der Waals surface area contributed by atoms with Crippen LogP contribution in [0, 0.1) is 5.92 Å². The van der Waals surface area contributed by atoms with Crippen LogP contribution in [0.3, 0.4) is 0 Å². The lowest BCUT2D eigenvalue weighted by molar-refractivity contribution is -0.117. The van der Waals surface area contributed by atoms with Crippen LogP contribution in [0.4, 0.5) is 0 Å². The topological polar surface area (TPSA) is 17.1 Å². The molecule has 1 unspecified atom stereocenters. The summed E-state index contributed by atoms with van der Waals surface area (Å²) in [5.74, 6) is 0.773. The molecule has 0 heterocycles. The van der Waals surface area contributed by atoms with Crippen molar-refractivity contribution in [3.63, 3.8) is 0 Å². The highest BCUT2D eigenvalue weighted by Crippen LogP contribution is 2.32. The second kappa shape index (κ2) is 3.33. The van der Waals surface area contributed by atoms with Crippen LogP contribution in [0.2, 0.25) is 0 Å². The first kappa shape index (κ1) is 7.99. The maximum atomic E-state index is 10.7. The lowest BCUT2D eigenvalue weighted by Gasteiger charge is -2.06. The van der Waals surface area contributed by atoms with E-state index < -0.39 is 0 Å². The zero-order chi connectivity index (χ0) is 7.56. The smallest absolute Gasteiger partial charge is 0.130 e. The van der Waals surface area contributed by atoms with Gasteiger partial charge in [-0.2, -0.15) is 0 Å². The average molecular weight is 203 g/mol. The number of halogens is 1. The lowest BCUT2D eigenvalue weighted by Crippen LogP contribution is -2.01. The molecule has 2 heteroatoms. The van der Waals surface area contributed by atoms with E-state index in [1.54, 1.807) is 6.92 Å². The molecule has 0 aromatic rings. The molecule has 1 nitrogen and oxygen atoms in total. The predicted molar refractivity (Wildman–Crippen MR) is 45.0 cm³/mol. The number of rotatable bonds is 2. The van der Waals surface area contributed by atoms with E-state index in [0.717, 1.165) is 12.8 Å². The Labute approximate surface area is 69.6 Å². The van der Waals surface area contributed by atoms with Gasteiger partial charge in [0, 0.05) is 6.42 Å². The number of carbonyl (C=O) groups excluding carboxylic acids is 1. The summed E-state index contributed by atoms with van der Waals surface area (Å²) in [6.45, 7) is 1.65. The summed E-state index contributed by atoms with van der Waals surface area (Å²) in [6, 6.07) is 0. The van der Waals surface area contributed by atoms with Crippen LogP contribution in [-0.4, -0.2) is 5.78 Å². The minimum absolute atomic E-state index is 0.289. The van der Waals surface area contributed by atoms with E-state index in [0.29, 0.717) is 12.3 Å². The summed E-state index contributed by atoms with van der Waals surface area (Å²) >= 11 is 3.44. The first-order chi connectivity index (χ1) is 4.70. The summed E-state index contributed by atoms with van der Waals surface area (Å²) < 4.78 is 1.22. The van der Waals surface area contributed by atoms with Gasteiger partial charge < -0.3 is 4.79 Å². The molecule has 1 atom stereocenters. The van der Waals surface area contributed by atoms with Crippen molar-refractivity contribution in [2.24, 2.45) is 5.92 Å². The molecule has 1 aliphatic carbocycles. The fourth-order valence-corrected chi connectivity index (χ4v) is 1.89. The number of Topliss-reactive ketones (excluding diaryl/α,β-unsaturated/α-hetero) is 1. The molecule has 0 N–H and O–H groups in total. The lowest BCUT2D eigenvalue weighted by atomic mass is 10.0. The van der Waals surface area contributed by atoms with Crippen LogP contribution in [0.15, 0.2) is 10.6 Å². The molecular weight excluding hydrogens is 192 g/mol. The highest BCUT2D eigenvalue weighted by Gasteiger charge is 2.17. The van der Waals surface area contributed by atoms with Gasteiger partial charge in [-0.1, -0.05) is 22.0 Å². The van der Waals surface area contributed by atoms with Crippen LogP contribution in [0.25, 0.3) is 0 Å². The SMILES string of the molecule is CC(=O)CC1CCC=C1Br. The van der Waals surface area contributed by atoms with E-state index >= 15 is 0 Å². The summed E-state index contributed by atoms with van der Waals surface area (Å²) in [6.07, 6.45) is 5.13. The van der Waals surface area contributed by atoms with Gasteiger partial charge in [-0.15, -0.1) is 0 Å². The Hall–Kier alpha value is -0.110. The third kappa shape index (κ3) is 1.94. The van der Waals surface area contributed by atoms with E-state index in [1.807, 2.05) is 0 Å². The Kier molecular flexibility index (Phi) is 2.66. The second-order valence-electron chi connectivity index (χ2n) is 2.77. The molecule has 1 rings (SSSR count). The molecule has 0 aliphatic heterocycles. The maximum Gasteiger partial charge on any atom is 0.130 e. The zero-order valence-corrected chi connectivity index (χ0v) is 7.65. The maximum absolute atomic E-state index is 10.7. The summed E-state index contributed by atoms with van der Waals surface area (Å²) in [5.41, 5.74) is 0. The molecule has 10 heavy (non-hydrogen) atoms. The van der Waals surface area contributed by atoms with Crippen LogP contribution in [0.5, 0.6) is 0 Å². The molecule has 0 amide bonds. The first-order valence-corrected chi connectivity index (χ1v) is 4.34. The number of carbonyl (C=O) groups is 1. The Balaban J connectivity index is 2.43. The van der Waals surface area contributed by atoms with E-state index in [4.69, 9.17) is 0 Å². The number of allylic oxidation sites excluding steroid dienone is 2. The highest BCUT2D eigenvalue weighted by molar-refractivity contribution is 9.11. The second-order valence-corrected chi connectivity index (χ2v) is 3.69. The van der Waals surface area contributed by atoms with Crippen LogP contribution < -0.4 is 0 Å². The van der Waals surface area contributed by atoms with Crippen molar-refractivity contribution in [2.75, 3.05) is 0 Å². The number of ketones is 1. The van der Waals surface area contributed by atoms with E-state index in [1.165, 1.54) is 4.48 Å². The molecular formula is C8H11BrO.